The number of pyridine rings is 1. The van der Waals surface area contributed by atoms with E-state index in [4.69, 9.17) is 4.74 Å². The van der Waals surface area contributed by atoms with Crippen LogP contribution < -0.4 is 15.6 Å². The van der Waals surface area contributed by atoms with Crippen LogP contribution >= 0.6 is 0 Å². The van der Waals surface area contributed by atoms with Crippen LogP contribution in [0.4, 0.5) is 22.0 Å². The summed E-state index contributed by atoms with van der Waals surface area (Å²) >= 11 is 0. The zero-order valence-electron chi connectivity index (χ0n) is 23.3. The minimum atomic E-state index is -4.87. The van der Waals surface area contributed by atoms with E-state index in [1.807, 2.05) is 13.0 Å². The van der Waals surface area contributed by atoms with Crippen molar-refractivity contribution >= 4 is 11.9 Å². The summed E-state index contributed by atoms with van der Waals surface area (Å²) in [5.74, 6) is -3.94. The van der Waals surface area contributed by atoms with Gasteiger partial charge < -0.3 is 15.2 Å². The molecule has 4 bridgehead atoms. The maximum absolute atomic E-state index is 15.7. The third kappa shape index (κ3) is 5.92. The maximum atomic E-state index is 15.7. The molecule has 0 saturated heterocycles. The molecule has 1 aliphatic rings. The van der Waals surface area contributed by atoms with E-state index >= 15 is 8.78 Å². The number of carboxylic acid groups (broad SMARTS) is 1. The molecule has 2 atom stereocenters. The van der Waals surface area contributed by atoms with Gasteiger partial charge in [-0.15, -0.1) is 0 Å². The Bertz CT molecular complexity index is 1850. The molecule has 4 aromatic rings. The lowest BCUT2D eigenvalue weighted by molar-refractivity contribution is -0.138. The van der Waals surface area contributed by atoms with Crippen molar-refractivity contribution in [1.82, 2.24) is 9.88 Å². The van der Waals surface area contributed by atoms with Crippen molar-refractivity contribution in [2.75, 3.05) is 0 Å². The third-order valence-electron chi connectivity index (χ3n) is 7.43. The number of nitrogens with one attached hydrogen (secondary N) is 1. The number of ether oxygens (including phenoxy) is 1. The first-order valence-electron chi connectivity index (χ1n) is 13.4. The fraction of sp³-hybridized carbons (Fsp3) is 0.219. The van der Waals surface area contributed by atoms with Gasteiger partial charge in [-0.3, -0.25) is 19.0 Å². The molecule has 2 unspecified atom stereocenters. The SMILES string of the molecule is Cc1cc2cc(c1F)C(CC(=O)O)NC(=O)C(n1ccc(C(F)(F)F)cc1=O)c1cc(ccc1F)COc1cccc(C)c1-2. The molecule has 0 spiro atoms. The van der Waals surface area contributed by atoms with Gasteiger partial charge in [0.25, 0.3) is 5.56 Å². The van der Waals surface area contributed by atoms with Crippen molar-refractivity contribution in [1.29, 1.82) is 0 Å². The number of aryl methyl sites for hydroxylation is 2. The lowest BCUT2D eigenvalue weighted by Gasteiger charge is -2.26. The standard InChI is InChI=1S/C32H25F5N2O5/c1-16-4-3-5-25-28(16)19-10-17(2)29(34)22(12-19)24(14-27(41)42)38-31(43)30(21-11-18(15-44-25)6-7-23(21)33)39-9-8-20(13-26(39)40)32(35,36)37/h3-13,24,30H,14-15H2,1-2H3,(H,38,43)(H,41,42). The average molecular weight is 613 g/mol. The number of aliphatic carboxylic acids is 1. The quantitative estimate of drug-likeness (QED) is 0.267. The fourth-order valence-corrected chi connectivity index (χ4v) is 5.34. The number of amides is 1. The average Bonchev–Trinajstić information content (AvgIpc) is 2.94. The van der Waals surface area contributed by atoms with Gasteiger partial charge in [0.05, 0.1) is 18.0 Å². The highest BCUT2D eigenvalue weighted by Crippen LogP contribution is 2.38. The lowest BCUT2D eigenvalue weighted by Crippen LogP contribution is -2.41. The number of halogens is 5. The van der Waals surface area contributed by atoms with E-state index < -0.39 is 64.9 Å². The normalized spacial score (nSPS) is 16.8. The second-order valence-electron chi connectivity index (χ2n) is 10.5. The Morgan fingerprint density at radius 1 is 1.00 bits per heavy atom. The summed E-state index contributed by atoms with van der Waals surface area (Å²) < 4.78 is 77.7. The number of hydrogen-bond acceptors (Lipinski definition) is 4. The molecule has 0 radical (unpaired) electrons. The van der Waals surface area contributed by atoms with Crippen LogP contribution in [0.2, 0.25) is 0 Å². The number of carbonyl (C=O) groups is 2. The molecule has 0 aliphatic carbocycles. The first-order chi connectivity index (χ1) is 20.7. The maximum Gasteiger partial charge on any atom is 0.416 e. The smallest absolute Gasteiger partial charge is 0.416 e. The second kappa shape index (κ2) is 11.6. The summed E-state index contributed by atoms with van der Waals surface area (Å²) in [6.45, 7) is 3.14. The summed E-state index contributed by atoms with van der Waals surface area (Å²) in [7, 11) is 0. The van der Waals surface area contributed by atoms with Crippen molar-refractivity contribution in [3.63, 3.8) is 0 Å². The molecule has 3 aromatic carbocycles. The molecule has 0 saturated carbocycles. The third-order valence-corrected chi connectivity index (χ3v) is 7.43. The Morgan fingerprint density at radius 2 is 1.75 bits per heavy atom. The van der Waals surface area contributed by atoms with E-state index in [9.17, 15) is 32.7 Å². The number of carboxylic acids is 1. The molecular formula is C32H25F5N2O5. The van der Waals surface area contributed by atoms with Crippen molar-refractivity contribution in [3.05, 3.63) is 122 Å². The van der Waals surface area contributed by atoms with Crippen molar-refractivity contribution in [2.45, 2.75) is 45.1 Å². The van der Waals surface area contributed by atoms with Gasteiger partial charge in [0, 0.05) is 29.0 Å². The van der Waals surface area contributed by atoms with Gasteiger partial charge in [0.1, 0.15) is 30.0 Å². The molecule has 44 heavy (non-hydrogen) atoms. The number of aromatic nitrogens is 1. The molecule has 1 aromatic heterocycles. The van der Waals surface area contributed by atoms with E-state index in [2.05, 4.69) is 5.32 Å². The van der Waals surface area contributed by atoms with Gasteiger partial charge in [-0.05, 0) is 72.5 Å². The van der Waals surface area contributed by atoms with Gasteiger partial charge in [-0.1, -0.05) is 18.2 Å². The fourth-order valence-electron chi connectivity index (χ4n) is 5.34. The van der Waals surface area contributed by atoms with E-state index in [0.29, 0.717) is 39.3 Å². The van der Waals surface area contributed by atoms with Crippen LogP contribution in [0.1, 0.15) is 51.9 Å². The van der Waals surface area contributed by atoms with Crippen LogP contribution in [-0.4, -0.2) is 21.6 Å². The van der Waals surface area contributed by atoms with Gasteiger partial charge >= 0.3 is 12.1 Å². The predicted octanol–water partition coefficient (Wildman–Crippen LogP) is 6.24. The highest BCUT2D eigenvalue weighted by atomic mass is 19.4. The van der Waals surface area contributed by atoms with Gasteiger partial charge in [0.2, 0.25) is 5.91 Å². The molecule has 2 heterocycles. The Kier molecular flexibility index (Phi) is 8.02. The first kappa shape index (κ1) is 30.5. The van der Waals surface area contributed by atoms with Crippen molar-refractivity contribution in [3.8, 4) is 16.9 Å². The molecule has 7 nitrogen and oxygen atoms in total. The molecule has 2 N–H and O–H groups in total. The summed E-state index contributed by atoms with van der Waals surface area (Å²) in [5.41, 5.74) is -0.833. The number of nitrogens with zero attached hydrogens (tertiary/aromatic N) is 1. The number of hydrogen-bond donors (Lipinski definition) is 2. The number of alkyl halides is 3. The van der Waals surface area contributed by atoms with E-state index in [-0.39, 0.29) is 23.8 Å². The van der Waals surface area contributed by atoms with E-state index in [0.717, 1.165) is 11.6 Å². The number of benzene rings is 3. The Hall–Kier alpha value is -5.00. The Morgan fingerprint density at radius 3 is 2.43 bits per heavy atom. The van der Waals surface area contributed by atoms with Crippen LogP contribution in [0.5, 0.6) is 5.75 Å². The topological polar surface area (TPSA) is 97.6 Å². The highest BCUT2D eigenvalue weighted by molar-refractivity contribution is 5.85. The molecule has 1 amide bonds. The summed E-state index contributed by atoms with van der Waals surface area (Å²) in [6.07, 6.45) is -4.97. The second-order valence-corrected chi connectivity index (χ2v) is 10.5. The molecule has 1 aliphatic heterocycles. The van der Waals surface area contributed by atoms with Gasteiger partial charge in [-0.25, -0.2) is 8.78 Å². The monoisotopic (exact) mass is 612 g/mol. The van der Waals surface area contributed by atoms with Gasteiger partial charge in [-0.2, -0.15) is 13.2 Å². The lowest BCUT2D eigenvalue weighted by atomic mass is 9.91. The van der Waals surface area contributed by atoms with E-state index in [1.165, 1.54) is 25.1 Å². The number of fused-ring (bicyclic) bond motifs is 6. The number of rotatable bonds is 3. The van der Waals surface area contributed by atoms with Crippen LogP contribution in [0.25, 0.3) is 11.1 Å². The predicted molar refractivity (Wildman–Crippen MR) is 149 cm³/mol. The Labute approximate surface area is 247 Å². The summed E-state index contributed by atoms with van der Waals surface area (Å²) in [5, 5.41) is 12.1. The van der Waals surface area contributed by atoms with Crippen LogP contribution in [-0.2, 0) is 22.4 Å². The zero-order valence-corrected chi connectivity index (χ0v) is 23.3. The Balaban J connectivity index is 1.77. The van der Waals surface area contributed by atoms with Gasteiger partial charge in [0.15, 0.2) is 0 Å². The highest BCUT2D eigenvalue weighted by Gasteiger charge is 2.34. The molecule has 12 heteroatoms. The van der Waals surface area contributed by atoms with Crippen LogP contribution in [0.15, 0.2) is 71.7 Å². The molecule has 0 fully saturated rings. The molecular weight excluding hydrogens is 587 g/mol. The zero-order chi connectivity index (χ0) is 31.9. The largest absolute Gasteiger partial charge is 0.488 e. The first-order valence-corrected chi connectivity index (χ1v) is 13.4. The molecule has 228 valence electrons. The summed E-state index contributed by atoms with van der Waals surface area (Å²) in [6, 6.07) is 9.23. The van der Waals surface area contributed by atoms with Crippen LogP contribution in [0, 0.1) is 25.5 Å². The number of carbonyl (C=O) groups excluding carboxylic acids is 1. The minimum absolute atomic E-state index is 0.130. The van der Waals surface area contributed by atoms with E-state index in [1.54, 1.807) is 18.2 Å². The van der Waals surface area contributed by atoms with Crippen LogP contribution in [0.3, 0.4) is 0 Å². The van der Waals surface area contributed by atoms with Crippen molar-refractivity contribution < 1.29 is 41.4 Å². The molecule has 5 rings (SSSR count). The minimum Gasteiger partial charge on any atom is -0.488 e. The summed E-state index contributed by atoms with van der Waals surface area (Å²) in [4.78, 5) is 38.8. The van der Waals surface area contributed by atoms with Crippen molar-refractivity contribution in [2.24, 2.45) is 0 Å².